The summed E-state index contributed by atoms with van der Waals surface area (Å²) in [7, 11) is -2.72. The lowest BCUT2D eigenvalue weighted by Crippen LogP contribution is -2.40. The number of carbonyl (C=O) groups is 2. The van der Waals surface area contributed by atoms with Crippen LogP contribution in [0.25, 0.3) is 22.2 Å². The molecule has 5 rings (SSSR count). The molecule has 0 saturated heterocycles. The van der Waals surface area contributed by atoms with Crippen molar-refractivity contribution in [3.63, 3.8) is 0 Å². The van der Waals surface area contributed by atoms with Gasteiger partial charge in [-0.1, -0.05) is 61.9 Å². The van der Waals surface area contributed by atoms with Gasteiger partial charge in [-0.2, -0.15) is 0 Å². The lowest BCUT2D eigenvalue weighted by Gasteiger charge is -2.14. The monoisotopic (exact) mass is 574 g/mol. The van der Waals surface area contributed by atoms with Gasteiger partial charge in [0, 0.05) is 25.1 Å². The SMILES string of the molecule is CCCCc1nc2cccc(C(=O)OC)c2n1Cc1ccc(-c2ccccc2S(=O)(=O)NC(=O)NCC2CC2)cc1. The van der Waals surface area contributed by atoms with Gasteiger partial charge < -0.3 is 14.6 Å². The Morgan fingerprint density at radius 3 is 2.49 bits per heavy atom. The maximum absolute atomic E-state index is 13.1. The van der Waals surface area contributed by atoms with Crippen molar-refractivity contribution in [2.75, 3.05) is 13.7 Å². The Labute approximate surface area is 240 Å². The number of ether oxygens (including phenoxy) is 1. The molecule has 4 aromatic rings. The quantitative estimate of drug-likeness (QED) is 0.235. The first-order valence-electron chi connectivity index (χ1n) is 13.9. The minimum Gasteiger partial charge on any atom is -0.465 e. The van der Waals surface area contributed by atoms with Crippen molar-refractivity contribution in [1.82, 2.24) is 19.6 Å². The second kappa shape index (κ2) is 12.1. The van der Waals surface area contributed by atoms with E-state index in [1.54, 1.807) is 30.3 Å². The van der Waals surface area contributed by atoms with Crippen LogP contribution in [0.15, 0.2) is 71.6 Å². The molecule has 1 heterocycles. The van der Waals surface area contributed by atoms with Gasteiger partial charge in [0.2, 0.25) is 0 Å². The fraction of sp³-hybridized carbons (Fsp3) is 0.323. The Hall–Kier alpha value is -4.18. The smallest absolute Gasteiger partial charge is 0.340 e. The van der Waals surface area contributed by atoms with Crippen molar-refractivity contribution in [1.29, 1.82) is 0 Å². The van der Waals surface area contributed by atoms with Gasteiger partial charge in [-0.3, -0.25) is 0 Å². The molecule has 1 aliphatic carbocycles. The molecule has 10 heteroatoms. The molecule has 9 nitrogen and oxygen atoms in total. The van der Waals surface area contributed by atoms with Crippen molar-refractivity contribution in [3.8, 4) is 11.1 Å². The lowest BCUT2D eigenvalue weighted by molar-refractivity contribution is 0.0602. The summed E-state index contributed by atoms with van der Waals surface area (Å²) in [6, 6.07) is 18.9. The summed E-state index contributed by atoms with van der Waals surface area (Å²) in [5, 5.41) is 2.64. The molecule has 1 aromatic heterocycles. The molecule has 0 atom stereocenters. The van der Waals surface area contributed by atoms with Crippen molar-refractivity contribution < 1.29 is 22.7 Å². The topological polar surface area (TPSA) is 119 Å². The predicted octanol–water partition coefficient (Wildman–Crippen LogP) is 5.28. The third-order valence-electron chi connectivity index (χ3n) is 7.26. The largest absolute Gasteiger partial charge is 0.465 e. The Morgan fingerprint density at radius 1 is 1.02 bits per heavy atom. The van der Waals surface area contributed by atoms with E-state index in [-0.39, 0.29) is 4.90 Å². The molecule has 0 spiro atoms. The van der Waals surface area contributed by atoms with E-state index in [2.05, 4.69) is 21.5 Å². The molecule has 0 unspecified atom stereocenters. The zero-order valence-electron chi connectivity index (χ0n) is 23.2. The number of nitrogens with one attached hydrogen (secondary N) is 2. The number of benzene rings is 3. The van der Waals surface area contributed by atoms with E-state index in [1.807, 2.05) is 30.3 Å². The Balaban J connectivity index is 1.43. The van der Waals surface area contributed by atoms with Crippen molar-refractivity contribution >= 4 is 33.1 Å². The highest BCUT2D eigenvalue weighted by atomic mass is 32.2. The highest BCUT2D eigenvalue weighted by molar-refractivity contribution is 7.90. The molecule has 0 bridgehead atoms. The summed E-state index contributed by atoms with van der Waals surface area (Å²) in [6.07, 6.45) is 4.86. The number of imidazole rings is 1. The first-order chi connectivity index (χ1) is 19.8. The highest BCUT2D eigenvalue weighted by Crippen LogP contribution is 2.30. The molecule has 0 radical (unpaired) electrons. The molecule has 3 aromatic carbocycles. The van der Waals surface area contributed by atoms with Crippen LogP contribution in [0.5, 0.6) is 0 Å². The summed E-state index contributed by atoms with van der Waals surface area (Å²) in [4.78, 5) is 29.7. The van der Waals surface area contributed by atoms with Crippen LogP contribution < -0.4 is 10.0 Å². The van der Waals surface area contributed by atoms with Crippen LogP contribution in [0, 0.1) is 5.92 Å². The van der Waals surface area contributed by atoms with E-state index in [1.165, 1.54) is 13.2 Å². The second-order valence-corrected chi connectivity index (χ2v) is 12.0. The van der Waals surface area contributed by atoms with Gasteiger partial charge in [0.1, 0.15) is 5.82 Å². The molecule has 2 amide bonds. The molecule has 0 aliphatic heterocycles. The normalized spacial score (nSPS) is 13.2. The number of esters is 1. The van der Waals surface area contributed by atoms with Crippen molar-refractivity contribution in [2.24, 2.45) is 5.92 Å². The van der Waals surface area contributed by atoms with Crippen LogP contribution in [0.2, 0.25) is 0 Å². The number of nitrogens with zero attached hydrogens (tertiary/aromatic N) is 2. The average molecular weight is 575 g/mol. The first-order valence-corrected chi connectivity index (χ1v) is 15.3. The van der Waals surface area contributed by atoms with Crippen LogP contribution in [-0.2, 0) is 27.7 Å². The van der Waals surface area contributed by atoms with Gasteiger partial charge in [0.25, 0.3) is 10.0 Å². The van der Waals surface area contributed by atoms with E-state index in [4.69, 9.17) is 9.72 Å². The summed E-state index contributed by atoms with van der Waals surface area (Å²) >= 11 is 0. The molecule has 1 fully saturated rings. The number of hydrogen-bond acceptors (Lipinski definition) is 6. The Bertz CT molecular complexity index is 1670. The van der Waals surface area contributed by atoms with Crippen LogP contribution in [-0.4, -0.2) is 43.6 Å². The van der Waals surface area contributed by atoms with Gasteiger partial charge in [-0.05, 0) is 54.5 Å². The van der Waals surface area contributed by atoms with E-state index >= 15 is 0 Å². The zero-order chi connectivity index (χ0) is 29.0. The highest BCUT2D eigenvalue weighted by Gasteiger charge is 2.25. The molecule has 41 heavy (non-hydrogen) atoms. The number of para-hydroxylation sites is 1. The summed E-state index contributed by atoms with van der Waals surface area (Å²) in [5.74, 6) is 0.913. The van der Waals surface area contributed by atoms with E-state index in [0.717, 1.165) is 54.5 Å². The summed E-state index contributed by atoms with van der Waals surface area (Å²) in [5.41, 5.74) is 4.09. The average Bonchev–Trinajstić information content (AvgIpc) is 3.75. The maximum atomic E-state index is 13.1. The van der Waals surface area contributed by atoms with Gasteiger partial charge in [0.15, 0.2) is 0 Å². The number of unbranched alkanes of at least 4 members (excludes halogenated alkanes) is 1. The van der Waals surface area contributed by atoms with Gasteiger partial charge in [-0.15, -0.1) is 0 Å². The van der Waals surface area contributed by atoms with E-state index in [9.17, 15) is 18.0 Å². The van der Waals surface area contributed by atoms with Crippen molar-refractivity contribution in [2.45, 2.75) is 50.5 Å². The number of urea groups is 1. The summed E-state index contributed by atoms with van der Waals surface area (Å²) in [6.45, 7) is 3.07. The molecule has 214 valence electrons. The second-order valence-electron chi connectivity index (χ2n) is 10.3. The number of methoxy groups -OCH3 is 1. The number of carbonyl (C=O) groups excluding carboxylic acids is 2. The van der Waals surface area contributed by atoms with Crippen LogP contribution in [0.1, 0.15) is 54.4 Å². The number of sulfonamides is 1. The fourth-order valence-corrected chi connectivity index (χ4v) is 6.05. The minimum absolute atomic E-state index is 0.0273. The molecule has 1 aliphatic rings. The molecule has 1 saturated carbocycles. The fourth-order valence-electron chi connectivity index (χ4n) is 4.89. The van der Waals surface area contributed by atoms with Gasteiger partial charge in [-0.25, -0.2) is 27.7 Å². The van der Waals surface area contributed by atoms with Crippen molar-refractivity contribution in [3.05, 3.63) is 83.7 Å². The zero-order valence-corrected chi connectivity index (χ0v) is 24.0. The Morgan fingerprint density at radius 2 is 1.78 bits per heavy atom. The predicted molar refractivity (Wildman–Crippen MR) is 157 cm³/mol. The standard InChI is InChI=1S/C31H34N4O5S/c1-3-4-12-28-33-26-10-7-9-25(30(36)40-2)29(26)35(28)20-22-15-17-23(18-16-22)24-8-5-6-11-27(24)41(38,39)34-31(37)32-19-21-13-14-21/h5-11,15-18,21H,3-4,12-14,19-20H2,1-2H3,(H2,32,34,37). The number of amides is 2. The molecular weight excluding hydrogens is 540 g/mol. The number of aromatic nitrogens is 2. The third-order valence-corrected chi connectivity index (χ3v) is 8.65. The Kier molecular flexibility index (Phi) is 8.39. The third kappa shape index (κ3) is 6.43. The van der Waals surface area contributed by atoms with Crippen LogP contribution in [0.4, 0.5) is 4.79 Å². The molecule has 2 N–H and O–H groups in total. The number of fused-ring (bicyclic) bond motifs is 1. The molecular formula is C31H34N4O5S. The maximum Gasteiger partial charge on any atom is 0.340 e. The number of hydrogen-bond donors (Lipinski definition) is 2. The first kappa shape index (κ1) is 28.4. The lowest BCUT2D eigenvalue weighted by atomic mass is 10.0. The van der Waals surface area contributed by atoms with E-state index in [0.29, 0.717) is 35.7 Å². The minimum atomic E-state index is -4.09. The van der Waals surface area contributed by atoms with Crippen LogP contribution >= 0.6 is 0 Å². The number of aryl methyl sites for hydroxylation is 1. The number of rotatable bonds is 11. The van der Waals surface area contributed by atoms with Gasteiger partial charge in [0.05, 0.1) is 28.6 Å². The summed E-state index contributed by atoms with van der Waals surface area (Å²) < 4.78 is 35.5. The van der Waals surface area contributed by atoms with E-state index < -0.39 is 22.0 Å². The van der Waals surface area contributed by atoms with Crippen LogP contribution in [0.3, 0.4) is 0 Å². The van der Waals surface area contributed by atoms with Gasteiger partial charge >= 0.3 is 12.0 Å².